The lowest BCUT2D eigenvalue weighted by Crippen LogP contribution is -2.44. The maximum absolute atomic E-state index is 12.0. The smallest absolute Gasteiger partial charge is 0.361 e. The SMILES string of the molecule is NS(=O)(=O)CCCCCOC(C(F)(F)F)C(F)(F)F. The summed E-state index contributed by atoms with van der Waals surface area (Å²) < 4.78 is 96.8. The van der Waals surface area contributed by atoms with Crippen LogP contribution in [0.1, 0.15) is 19.3 Å². The van der Waals surface area contributed by atoms with Crippen LogP contribution in [-0.4, -0.2) is 39.2 Å². The molecule has 0 aromatic rings. The van der Waals surface area contributed by atoms with Crippen LogP contribution < -0.4 is 5.14 Å². The molecular formula is C8H13F6NO3S. The lowest BCUT2D eigenvalue weighted by molar-refractivity contribution is -0.321. The lowest BCUT2D eigenvalue weighted by atomic mass is 10.2. The molecule has 0 atom stereocenters. The molecule has 0 aliphatic rings. The molecule has 0 bridgehead atoms. The third-order valence-electron chi connectivity index (χ3n) is 1.95. The highest BCUT2D eigenvalue weighted by atomic mass is 32.2. The Hall–Kier alpha value is -0.550. The number of rotatable bonds is 7. The van der Waals surface area contributed by atoms with E-state index in [9.17, 15) is 34.8 Å². The summed E-state index contributed by atoms with van der Waals surface area (Å²) in [6.45, 7) is -0.770. The van der Waals surface area contributed by atoms with Gasteiger partial charge in [0.25, 0.3) is 0 Å². The first kappa shape index (κ1) is 18.4. The van der Waals surface area contributed by atoms with Crippen molar-refractivity contribution in [3.63, 3.8) is 0 Å². The van der Waals surface area contributed by atoms with Gasteiger partial charge in [0.2, 0.25) is 16.1 Å². The number of sulfonamides is 1. The molecule has 2 N–H and O–H groups in total. The van der Waals surface area contributed by atoms with E-state index in [4.69, 9.17) is 0 Å². The third kappa shape index (κ3) is 9.05. The average Bonchev–Trinajstić information content (AvgIpc) is 2.10. The van der Waals surface area contributed by atoms with Crippen LogP contribution in [0.4, 0.5) is 26.3 Å². The number of hydrogen-bond acceptors (Lipinski definition) is 3. The fourth-order valence-electron chi connectivity index (χ4n) is 1.16. The van der Waals surface area contributed by atoms with E-state index in [1.54, 1.807) is 0 Å². The van der Waals surface area contributed by atoms with Gasteiger partial charge in [-0.3, -0.25) is 0 Å². The predicted molar refractivity (Wildman–Crippen MR) is 53.7 cm³/mol. The van der Waals surface area contributed by atoms with E-state index < -0.39 is 35.1 Å². The van der Waals surface area contributed by atoms with Gasteiger partial charge in [0.05, 0.1) is 5.75 Å². The van der Waals surface area contributed by atoms with E-state index in [0.717, 1.165) is 0 Å². The quantitative estimate of drug-likeness (QED) is 0.576. The van der Waals surface area contributed by atoms with Gasteiger partial charge >= 0.3 is 12.4 Å². The monoisotopic (exact) mass is 317 g/mol. The molecule has 0 saturated carbocycles. The molecule has 19 heavy (non-hydrogen) atoms. The molecule has 0 saturated heterocycles. The number of hydrogen-bond donors (Lipinski definition) is 1. The number of nitrogens with two attached hydrogens (primary N) is 1. The summed E-state index contributed by atoms with van der Waals surface area (Å²) in [6, 6.07) is 0. The molecule has 0 aromatic carbocycles. The standard InChI is InChI=1S/C8H13F6NO3S/c9-7(10,11)6(8(12,13)14)18-4-2-1-3-5-19(15,16)17/h6H,1-5H2,(H2,15,16,17). The molecule has 0 amide bonds. The molecule has 0 aliphatic heterocycles. The number of primary sulfonamides is 1. The van der Waals surface area contributed by atoms with Crippen molar-refractivity contribution in [3.8, 4) is 0 Å². The van der Waals surface area contributed by atoms with Crippen molar-refractivity contribution in [2.45, 2.75) is 37.7 Å². The lowest BCUT2D eigenvalue weighted by Gasteiger charge is -2.23. The zero-order chi connectivity index (χ0) is 15.3. The Balaban J connectivity index is 4.03. The van der Waals surface area contributed by atoms with E-state index >= 15 is 0 Å². The van der Waals surface area contributed by atoms with Crippen molar-refractivity contribution in [1.82, 2.24) is 0 Å². The molecule has 0 aromatic heterocycles. The van der Waals surface area contributed by atoms with Crippen LogP contribution in [0.5, 0.6) is 0 Å². The van der Waals surface area contributed by atoms with Crippen LogP contribution in [0.2, 0.25) is 0 Å². The average molecular weight is 317 g/mol. The van der Waals surface area contributed by atoms with Gasteiger partial charge in [-0.2, -0.15) is 26.3 Å². The van der Waals surface area contributed by atoms with Gasteiger partial charge in [0.1, 0.15) is 0 Å². The van der Waals surface area contributed by atoms with Crippen LogP contribution in [-0.2, 0) is 14.8 Å². The van der Waals surface area contributed by atoms with Crippen molar-refractivity contribution in [1.29, 1.82) is 0 Å². The highest BCUT2D eigenvalue weighted by Crippen LogP contribution is 2.35. The molecule has 0 radical (unpaired) electrons. The second-order valence-corrected chi connectivity index (χ2v) is 5.50. The Kier molecular flexibility index (Phi) is 6.55. The highest BCUT2D eigenvalue weighted by Gasteiger charge is 2.57. The Bertz CT molecular complexity index is 350. The summed E-state index contributed by atoms with van der Waals surface area (Å²) in [5.41, 5.74) is 0. The second kappa shape index (κ2) is 6.75. The normalized spacial score (nSPS) is 14.1. The van der Waals surface area contributed by atoms with E-state index in [-0.39, 0.29) is 25.0 Å². The van der Waals surface area contributed by atoms with Gasteiger partial charge in [-0.25, -0.2) is 13.6 Å². The van der Waals surface area contributed by atoms with Crippen LogP contribution >= 0.6 is 0 Å². The maximum atomic E-state index is 12.0. The topological polar surface area (TPSA) is 69.4 Å². The van der Waals surface area contributed by atoms with Crippen molar-refractivity contribution in [2.75, 3.05) is 12.4 Å². The molecule has 0 aliphatic carbocycles. The van der Waals surface area contributed by atoms with E-state index in [1.807, 2.05) is 0 Å². The first-order valence-corrected chi connectivity index (χ1v) is 6.81. The van der Waals surface area contributed by atoms with Gasteiger partial charge in [-0.1, -0.05) is 6.42 Å². The molecule has 4 nitrogen and oxygen atoms in total. The molecule has 0 rings (SSSR count). The van der Waals surface area contributed by atoms with Gasteiger partial charge in [0, 0.05) is 6.61 Å². The number of ether oxygens (including phenoxy) is 1. The van der Waals surface area contributed by atoms with Gasteiger partial charge < -0.3 is 4.74 Å². The summed E-state index contributed by atoms with van der Waals surface area (Å²) in [7, 11) is -3.67. The Morgan fingerprint density at radius 1 is 0.947 bits per heavy atom. The molecule has 116 valence electrons. The predicted octanol–water partition coefficient (Wildman–Crippen LogP) is 1.95. The van der Waals surface area contributed by atoms with Crippen LogP contribution in [0.3, 0.4) is 0 Å². The van der Waals surface area contributed by atoms with Crippen molar-refractivity contribution >= 4 is 10.0 Å². The van der Waals surface area contributed by atoms with Gasteiger partial charge in [-0.15, -0.1) is 0 Å². The van der Waals surface area contributed by atoms with Gasteiger partial charge in [-0.05, 0) is 12.8 Å². The molecular weight excluding hydrogens is 304 g/mol. The Morgan fingerprint density at radius 2 is 1.42 bits per heavy atom. The number of unbranched alkanes of at least 4 members (excludes halogenated alkanes) is 2. The van der Waals surface area contributed by atoms with Crippen LogP contribution in [0.15, 0.2) is 0 Å². The highest BCUT2D eigenvalue weighted by molar-refractivity contribution is 7.89. The molecule has 11 heteroatoms. The van der Waals surface area contributed by atoms with Crippen LogP contribution in [0, 0.1) is 0 Å². The van der Waals surface area contributed by atoms with E-state index in [1.165, 1.54) is 0 Å². The minimum Gasteiger partial charge on any atom is -0.361 e. The largest absolute Gasteiger partial charge is 0.423 e. The van der Waals surface area contributed by atoms with Crippen LogP contribution in [0.25, 0.3) is 0 Å². The number of halogens is 6. The fraction of sp³-hybridized carbons (Fsp3) is 1.00. The van der Waals surface area contributed by atoms with E-state index in [0.29, 0.717) is 0 Å². The molecule has 0 unspecified atom stereocenters. The molecule has 0 fully saturated rings. The van der Waals surface area contributed by atoms with Crippen molar-refractivity contribution < 1.29 is 39.5 Å². The van der Waals surface area contributed by atoms with Crippen molar-refractivity contribution in [2.24, 2.45) is 5.14 Å². The first-order chi connectivity index (χ1) is 8.34. The Labute approximate surface area is 106 Å². The summed E-state index contributed by atoms with van der Waals surface area (Å²) in [4.78, 5) is 0. The summed E-state index contributed by atoms with van der Waals surface area (Å²) in [5, 5.41) is 4.66. The zero-order valence-corrected chi connectivity index (χ0v) is 10.4. The number of alkyl halides is 6. The van der Waals surface area contributed by atoms with E-state index in [2.05, 4.69) is 9.88 Å². The summed E-state index contributed by atoms with van der Waals surface area (Å²) in [5.74, 6) is -0.380. The minimum absolute atomic E-state index is 0.0465. The third-order valence-corrected chi connectivity index (χ3v) is 2.81. The Morgan fingerprint density at radius 3 is 1.79 bits per heavy atom. The molecule has 0 heterocycles. The first-order valence-electron chi connectivity index (χ1n) is 5.09. The zero-order valence-electron chi connectivity index (χ0n) is 9.59. The second-order valence-electron chi connectivity index (χ2n) is 3.76. The molecule has 0 spiro atoms. The minimum atomic E-state index is -5.53. The maximum Gasteiger partial charge on any atom is 0.423 e. The van der Waals surface area contributed by atoms with Gasteiger partial charge in [0.15, 0.2) is 0 Å². The summed E-state index contributed by atoms with van der Waals surface area (Å²) in [6.07, 6.45) is -14.9. The van der Waals surface area contributed by atoms with Crippen molar-refractivity contribution in [3.05, 3.63) is 0 Å². The summed E-state index contributed by atoms with van der Waals surface area (Å²) >= 11 is 0. The fourth-order valence-corrected chi connectivity index (χ4v) is 1.76.